The quantitative estimate of drug-likeness (QED) is 0.439. The van der Waals surface area contributed by atoms with Crippen LogP contribution in [0.5, 0.6) is 0 Å². The highest BCUT2D eigenvalue weighted by Crippen LogP contribution is 2.21. The molecular weight excluding hydrogens is 254 g/mol. The zero-order valence-electron chi connectivity index (χ0n) is 9.96. The first kappa shape index (κ1) is 14.5. The number of benzene rings is 1. The highest BCUT2D eigenvalue weighted by molar-refractivity contribution is 7.99. The van der Waals surface area contributed by atoms with Gasteiger partial charge >= 0.3 is 0 Å². The molecule has 0 fully saturated rings. The number of carbonyl (C=O) groups is 1. The fraction of sp³-hybridized carbons (Fsp3) is 0.364. The van der Waals surface area contributed by atoms with Gasteiger partial charge in [0, 0.05) is 22.8 Å². The summed E-state index contributed by atoms with van der Waals surface area (Å²) in [4.78, 5) is 22.0. The van der Waals surface area contributed by atoms with Gasteiger partial charge in [-0.1, -0.05) is 6.92 Å². The zero-order chi connectivity index (χ0) is 13.5. The van der Waals surface area contributed by atoms with Gasteiger partial charge in [0.25, 0.3) is 5.69 Å². The molecular formula is C11H15N3O3S. The third kappa shape index (κ3) is 4.34. The van der Waals surface area contributed by atoms with Gasteiger partial charge in [0.2, 0.25) is 5.91 Å². The minimum atomic E-state index is -0.445. The van der Waals surface area contributed by atoms with Crippen molar-refractivity contribution in [2.45, 2.75) is 17.9 Å². The van der Waals surface area contributed by atoms with E-state index in [4.69, 9.17) is 5.73 Å². The van der Waals surface area contributed by atoms with Crippen LogP contribution < -0.4 is 11.1 Å². The SMILES string of the molecule is CCNC(CSc1ccc([N+](=O)[O-])cc1)C(N)=O. The summed E-state index contributed by atoms with van der Waals surface area (Å²) in [5.41, 5.74) is 5.30. The molecule has 98 valence electrons. The minimum Gasteiger partial charge on any atom is -0.368 e. The van der Waals surface area contributed by atoms with Crippen LogP contribution in [0.1, 0.15) is 6.92 Å². The molecule has 0 radical (unpaired) electrons. The molecule has 1 rings (SSSR count). The molecule has 1 aromatic carbocycles. The van der Waals surface area contributed by atoms with Gasteiger partial charge in [0.15, 0.2) is 0 Å². The summed E-state index contributed by atoms with van der Waals surface area (Å²) in [6.07, 6.45) is 0. The van der Waals surface area contributed by atoms with Crippen LogP contribution in [0.3, 0.4) is 0 Å². The predicted octanol–water partition coefficient (Wildman–Crippen LogP) is 1.15. The first-order valence-corrected chi connectivity index (χ1v) is 6.43. The van der Waals surface area contributed by atoms with E-state index in [1.165, 1.54) is 23.9 Å². The summed E-state index contributed by atoms with van der Waals surface area (Å²) in [6.45, 7) is 2.56. The highest BCUT2D eigenvalue weighted by atomic mass is 32.2. The third-order valence-corrected chi connectivity index (χ3v) is 3.36. The van der Waals surface area contributed by atoms with Gasteiger partial charge in [-0.15, -0.1) is 11.8 Å². The number of non-ortho nitro benzene ring substituents is 1. The monoisotopic (exact) mass is 269 g/mol. The van der Waals surface area contributed by atoms with Crippen molar-refractivity contribution in [1.29, 1.82) is 0 Å². The lowest BCUT2D eigenvalue weighted by atomic mass is 10.3. The van der Waals surface area contributed by atoms with Gasteiger partial charge in [-0.25, -0.2) is 0 Å². The maximum Gasteiger partial charge on any atom is 0.269 e. The number of hydrogen-bond donors (Lipinski definition) is 2. The van der Waals surface area contributed by atoms with E-state index in [9.17, 15) is 14.9 Å². The Balaban J connectivity index is 2.56. The number of primary amides is 1. The van der Waals surface area contributed by atoms with Crippen LogP contribution in [0.2, 0.25) is 0 Å². The van der Waals surface area contributed by atoms with E-state index < -0.39 is 16.9 Å². The normalized spacial score (nSPS) is 12.1. The van der Waals surface area contributed by atoms with Crippen LogP contribution >= 0.6 is 11.8 Å². The van der Waals surface area contributed by atoms with Crippen molar-refractivity contribution in [3.63, 3.8) is 0 Å². The maximum absolute atomic E-state index is 11.1. The number of amides is 1. The number of nitro groups is 1. The third-order valence-electron chi connectivity index (χ3n) is 2.26. The molecule has 1 amide bonds. The van der Waals surface area contributed by atoms with Crippen LogP contribution in [0, 0.1) is 10.1 Å². The van der Waals surface area contributed by atoms with Gasteiger partial charge in [-0.2, -0.15) is 0 Å². The summed E-state index contributed by atoms with van der Waals surface area (Å²) in [5.74, 6) is 0.104. The largest absolute Gasteiger partial charge is 0.368 e. The van der Waals surface area contributed by atoms with Gasteiger partial charge in [-0.05, 0) is 18.7 Å². The van der Waals surface area contributed by atoms with Gasteiger partial charge in [0.05, 0.1) is 11.0 Å². The van der Waals surface area contributed by atoms with Crippen LogP contribution in [0.25, 0.3) is 0 Å². The van der Waals surface area contributed by atoms with E-state index >= 15 is 0 Å². The Morgan fingerprint density at radius 1 is 1.50 bits per heavy atom. The van der Waals surface area contributed by atoms with Crippen LogP contribution in [-0.4, -0.2) is 29.2 Å². The zero-order valence-corrected chi connectivity index (χ0v) is 10.8. The Morgan fingerprint density at radius 2 is 2.11 bits per heavy atom. The number of likely N-dealkylation sites (N-methyl/N-ethyl adjacent to an activating group) is 1. The molecule has 0 heterocycles. The van der Waals surface area contributed by atoms with Crippen LogP contribution in [0.15, 0.2) is 29.2 Å². The summed E-state index contributed by atoms with van der Waals surface area (Å²) in [6, 6.07) is 5.80. The van der Waals surface area contributed by atoms with Crippen molar-refractivity contribution >= 4 is 23.4 Å². The van der Waals surface area contributed by atoms with Crippen molar-refractivity contribution in [2.75, 3.05) is 12.3 Å². The van der Waals surface area contributed by atoms with E-state index in [2.05, 4.69) is 5.32 Å². The van der Waals surface area contributed by atoms with E-state index in [0.29, 0.717) is 12.3 Å². The molecule has 1 atom stereocenters. The fourth-order valence-electron chi connectivity index (χ4n) is 1.33. The summed E-state index contributed by atoms with van der Waals surface area (Å²) < 4.78 is 0. The topological polar surface area (TPSA) is 98.3 Å². The highest BCUT2D eigenvalue weighted by Gasteiger charge is 2.14. The molecule has 1 aromatic rings. The van der Waals surface area contributed by atoms with Crippen LogP contribution in [0.4, 0.5) is 5.69 Å². The lowest BCUT2D eigenvalue weighted by Crippen LogP contribution is -2.42. The Hall–Kier alpha value is -1.60. The predicted molar refractivity (Wildman–Crippen MR) is 70.5 cm³/mol. The summed E-state index contributed by atoms with van der Waals surface area (Å²) >= 11 is 1.43. The van der Waals surface area contributed by atoms with Crippen molar-refractivity contribution in [2.24, 2.45) is 5.73 Å². The second-order valence-corrected chi connectivity index (χ2v) is 4.67. The number of hydrogen-bond acceptors (Lipinski definition) is 5. The number of rotatable bonds is 7. The molecule has 0 aliphatic carbocycles. The molecule has 0 bridgehead atoms. The molecule has 3 N–H and O–H groups in total. The smallest absolute Gasteiger partial charge is 0.269 e. The van der Waals surface area contributed by atoms with E-state index in [1.807, 2.05) is 6.92 Å². The molecule has 7 heteroatoms. The first-order valence-electron chi connectivity index (χ1n) is 5.44. The average molecular weight is 269 g/mol. The number of carbonyl (C=O) groups excluding carboxylic acids is 1. The second-order valence-electron chi connectivity index (χ2n) is 3.57. The number of nitrogens with two attached hydrogens (primary N) is 1. The number of nitro benzene ring substituents is 1. The molecule has 0 spiro atoms. The van der Waals surface area contributed by atoms with Crippen molar-refractivity contribution < 1.29 is 9.72 Å². The number of nitrogens with one attached hydrogen (secondary N) is 1. The average Bonchev–Trinajstić information content (AvgIpc) is 2.34. The minimum absolute atomic E-state index is 0.0532. The molecule has 0 saturated heterocycles. The van der Waals surface area contributed by atoms with Crippen molar-refractivity contribution in [3.8, 4) is 0 Å². The lowest BCUT2D eigenvalue weighted by molar-refractivity contribution is -0.384. The Morgan fingerprint density at radius 3 is 2.56 bits per heavy atom. The Labute approximate surface area is 109 Å². The second kappa shape index (κ2) is 6.97. The standard InChI is InChI=1S/C11H15N3O3S/c1-2-13-10(11(12)15)7-18-9-5-3-8(4-6-9)14(16)17/h3-6,10,13H,2,7H2,1H3,(H2,12,15). The molecule has 0 aliphatic heterocycles. The van der Waals surface area contributed by atoms with Gasteiger partial charge < -0.3 is 11.1 Å². The first-order chi connectivity index (χ1) is 8.54. The van der Waals surface area contributed by atoms with E-state index in [0.717, 1.165) is 4.90 Å². The summed E-state index contributed by atoms with van der Waals surface area (Å²) in [5, 5.41) is 13.5. The molecule has 18 heavy (non-hydrogen) atoms. The lowest BCUT2D eigenvalue weighted by Gasteiger charge is -2.13. The Bertz CT molecular complexity index is 422. The molecule has 0 aromatic heterocycles. The van der Waals surface area contributed by atoms with Crippen molar-refractivity contribution in [1.82, 2.24) is 5.32 Å². The number of thioether (sulfide) groups is 1. The summed E-state index contributed by atoms with van der Waals surface area (Å²) in [7, 11) is 0. The van der Waals surface area contributed by atoms with Crippen molar-refractivity contribution in [3.05, 3.63) is 34.4 Å². The van der Waals surface area contributed by atoms with E-state index in [1.54, 1.807) is 12.1 Å². The van der Waals surface area contributed by atoms with Gasteiger partial charge in [-0.3, -0.25) is 14.9 Å². The van der Waals surface area contributed by atoms with E-state index in [-0.39, 0.29) is 5.69 Å². The molecule has 1 unspecified atom stereocenters. The number of nitrogens with zero attached hydrogens (tertiary/aromatic N) is 1. The fourth-order valence-corrected chi connectivity index (χ4v) is 2.30. The van der Waals surface area contributed by atoms with Crippen LogP contribution in [-0.2, 0) is 4.79 Å². The van der Waals surface area contributed by atoms with Gasteiger partial charge in [0.1, 0.15) is 0 Å². The maximum atomic E-state index is 11.1. The molecule has 6 nitrogen and oxygen atoms in total. The molecule has 0 aliphatic rings. The Kier molecular flexibility index (Phi) is 5.60. The molecule has 0 saturated carbocycles.